The van der Waals surface area contributed by atoms with Crippen LogP contribution in [-0.4, -0.2) is 34.6 Å². The monoisotopic (exact) mass is 215 g/mol. The molecule has 2 heterocycles. The van der Waals surface area contributed by atoms with E-state index >= 15 is 0 Å². The summed E-state index contributed by atoms with van der Waals surface area (Å²) in [6.07, 6.45) is 2.61. The number of hydrogen-bond acceptors (Lipinski definition) is 6. The Balaban J connectivity index is 2.15. The van der Waals surface area contributed by atoms with Crippen molar-refractivity contribution in [2.24, 2.45) is 0 Å². The molecule has 1 unspecified atom stereocenters. The zero-order valence-electron chi connectivity index (χ0n) is 7.99. The fourth-order valence-electron chi connectivity index (χ4n) is 1.49. The summed E-state index contributed by atoms with van der Waals surface area (Å²) in [7, 11) is 0. The van der Waals surface area contributed by atoms with Crippen molar-refractivity contribution in [1.82, 2.24) is 15.5 Å². The van der Waals surface area contributed by atoms with E-state index in [1.54, 1.807) is 11.8 Å². The lowest BCUT2D eigenvalue weighted by Gasteiger charge is -2.14. The van der Waals surface area contributed by atoms with E-state index in [0.717, 1.165) is 6.54 Å². The summed E-state index contributed by atoms with van der Waals surface area (Å²) in [5, 5.41) is 16.9. The first-order valence-electron chi connectivity index (χ1n) is 4.50. The van der Waals surface area contributed by atoms with Gasteiger partial charge in [0.2, 0.25) is 0 Å². The maximum Gasteiger partial charge on any atom is 0.260 e. The SMILES string of the molecule is CSCc1noc(C2(O)CCNC2)n1. The third-order valence-corrected chi connectivity index (χ3v) is 2.82. The maximum absolute atomic E-state index is 10.1. The normalized spacial score (nSPS) is 27.0. The first-order chi connectivity index (χ1) is 6.74. The molecule has 5 nitrogen and oxygen atoms in total. The van der Waals surface area contributed by atoms with Crippen molar-refractivity contribution in [3.8, 4) is 0 Å². The number of aromatic nitrogens is 2. The summed E-state index contributed by atoms with van der Waals surface area (Å²) in [6.45, 7) is 1.28. The van der Waals surface area contributed by atoms with Crippen molar-refractivity contribution in [3.63, 3.8) is 0 Å². The van der Waals surface area contributed by atoms with Crippen molar-refractivity contribution < 1.29 is 9.63 Å². The highest BCUT2D eigenvalue weighted by atomic mass is 32.2. The van der Waals surface area contributed by atoms with Crippen LogP contribution in [0.4, 0.5) is 0 Å². The van der Waals surface area contributed by atoms with Gasteiger partial charge in [0.15, 0.2) is 11.4 Å². The van der Waals surface area contributed by atoms with Gasteiger partial charge in [-0.25, -0.2) is 0 Å². The number of aliphatic hydroxyl groups is 1. The minimum atomic E-state index is -0.955. The predicted octanol–water partition coefficient (Wildman–Crippen LogP) is 0.113. The van der Waals surface area contributed by atoms with Gasteiger partial charge in [-0.3, -0.25) is 0 Å². The van der Waals surface area contributed by atoms with Crippen molar-refractivity contribution in [1.29, 1.82) is 0 Å². The quantitative estimate of drug-likeness (QED) is 0.746. The Morgan fingerprint density at radius 3 is 3.21 bits per heavy atom. The Morgan fingerprint density at radius 2 is 2.57 bits per heavy atom. The van der Waals surface area contributed by atoms with E-state index in [0.29, 0.717) is 30.4 Å². The number of nitrogens with zero attached hydrogens (tertiary/aromatic N) is 2. The molecular formula is C8H13N3O2S. The van der Waals surface area contributed by atoms with Crippen LogP contribution in [0.15, 0.2) is 4.52 Å². The minimum absolute atomic E-state index is 0.339. The first kappa shape index (κ1) is 9.95. The molecule has 14 heavy (non-hydrogen) atoms. The molecule has 6 heteroatoms. The summed E-state index contributed by atoms with van der Waals surface area (Å²) >= 11 is 1.63. The number of rotatable bonds is 3. The third kappa shape index (κ3) is 1.77. The van der Waals surface area contributed by atoms with Gasteiger partial charge in [-0.05, 0) is 19.2 Å². The summed E-state index contributed by atoms with van der Waals surface area (Å²) in [5.41, 5.74) is -0.955. The molecule has 0 spiro atoms. The maximum atomic E-state index is 10.1. The van der Waals surface area contributed by atoms with Gasteiger partial charge in [0.05, 0.1) is 5.75 Å². The molecular weight excluding hydrogens is 202 g/mol. The van der Waals surface area contributed by atoms with E-state index in [-0.39, 0.29) is 0 Å². The Hall–Kier alpha value is -0.590. The van der Waals surface area contributed by atoms with Gasteiger partial charge >= 0.3 is 0 Å². The standard InChI is InChI=1S/C8H13N3O2S/c1-14-4-6-10-7(13-11-6)8(12)2-3-9-5-8/h9,12H,2-5H2,1H3. The zero-order chi connectivity index (χ0) is 10.0. The predicted molar refractivity (Wildman–Crippen MR) is 52.9 cm³/mol. The minimum Gasteiger partial charge on any atom is -0.379 e. The number of hydrogen-bond donors (Lipinski definition) is 2. The van der Waals surface area contributed by atoms with Crippen molar-refractivity contribution in [3.05, 3.63) is 11.7 Å². The van der Waals surface area contributed by atoms with Gasteiger partial charge in [-0.15, -0.1) is 0 Å². The highest BCUT2D eigenvalue weighted by Gasteiger charge is 2.38. The lowest BCUT2D eigenvalue weighted by Crippen LogP contribution is -2.28. The molecule has 1 atom stereocenters. The van der Waals surface area contributed by atoms with E-state index in [1.807, 2.05) is 6.26 Å². The van der Waals surface area contributed by atoms with Crippen molar-refractivity contribution in [2.75, 3.05) is 19.3 Å². The van der Waals surface area contributed by atoms with Crippen LogP contribution in [0.5, 0.6) is 0 Å². The van der Waals surface area contributed by atoms with Crippen LogP contribution in [-0.2, 0) is 11.4 Å². The topological polar surface area (TPSA) is 71.2 Å². The largest absolute Gasteiger partial charge is 0.379 e. The summed E-state index contributed by atoms with van der Waals surface area (Å²) in [4.78, 5) is 4.17. The Kier molecular flexibility index (Phi) is 2.76. The van der Waals surface area contributed by atoms with Crippen LogP contribution in [0.1, 0.15) is 18.1 Å². The number of β-amino-alcohol motifs (C(OH)–C–C–N with tert-alkyl or cyclic N) is 1. The fraction of sp³-hybridized carbons (Fsp3) is 0.750. The van der Waals surface area contributed by atoms with Crippen LogP contribution in [0.3, 0.4) is 0 Å². The molecule has 1 fully saturated rings. The van der Waals surface area contributed by atoms with Crippen LogP contribution in [0, 0.1) is 0 Å². The molecule has 2 N–H and O–H groups in total. The Labute approximate surface area is 86.3 Å². The molecule has 1 aliphatic heterocycles. The van der Waals surface area contributed by atoms with Gasteiger partial charge in [-0.2, -0.15) is 16.7 Å². The molecule has 0 amide bonds. The van der Waals surface area contributed by atoms with E-state index < -0.39 is 5.60 Å². The van der Waals surface area contributed by atoms with Crippen molar-refractivity contribution in [2.45, 2.75) is 17.8 Å². The van der Waals surface area contributed by atoms with Gasteiger partial charge in [0.25, 0.3) is 5.89 Å². The summed E-state index contributed by atoms with van der Waals surface area (Å²) in [6, 6.07) is 0. The lowest BCUT2D eigenvalue weighted by atomic mass is 10.0. The molecule has 1 saturated heterocycles. The molecule has 0 saturated carbocycles. The zero-order valence-corrected chi connectivity index (χ0v) is 8.80. The average Bonchev–Trinajstić information content (AvgIpc) is 2.75. The van der Waals surface area contributed by atoms with Crippen LogP contribution in [0.25, 0.3) is 0 Å². The average molecular weight is 215 g/mol. The molecule has 2 rings (SSSR count). The molecule has 1 aromatic rings. The second-order valence-corrected chi connectivity index (χ2v) is 4.27. The molecule has 78 valence electrons. The van der Waals surface area contributed by atoms with Gasteiger partial charge in [-0.1, -0.05) is 5.16 Å². The van der Waals surface area contributed by atoms with Crippen LogP contribution >= 0.6 is 11.8 Å². The van der Waals surface area contributed by atoms with Gasteiger partial charge in [0, 0.05) is 6.54 Å². The van der Waals surface area contributed by atoms with Gasteiger partial charge < -0.3 is 14.9 Å². The Bertz CT molecular complexity index is 309. The van der Waals surface area contributed by atoms with E-state index in [4.69, 9.17) is 4.52 Å². The molecule has 1 aromatic heterocycles. The van der Waals surface area contributed by atoms with E-state index in [1.165, 1.54) is 0 Å². The highest BCUT2D eigenvalue weighted by Crippen LogP contribution is 2.26. The number of nitrogens with one attached hydrogen (secondary N) is 1. The van der Waals surface area contributed by atoms with E-state index in [9.17, 15) is 5.11 Å². The molecule has 0 aromatic carbocycles. The first-order valence-corrected chi connectivity index (χ1v) is 5.89. The second-order valence-electron chi connectivity index (χ2n) is 3.41. The second kappa shape index (κ2) is 3.88. The molecule has 0 bridgehead atoms. The Morgan fingerprint density at radius 1 is 1.71 bits per heavy atom. The fourth-order valence-corrected chi connectivity index (χ4v) is 1.87. The van der Waals surface area contributed by atoms with Crippen LogP contribution in [0.2, 0.25) is 0 Å². The molecule has 0 radical (unpaired) electrons. The van der Waals surface area contributed by atoms with Crippen LogP contribution < -0.4 is 5.32 Å². The third-order valence-electron chi connectivity index (χ3n) is 2.27. The molecule has 0 aliphatic carbocycles. The van der Waals surface area contributed by atoms with Crippen molar-refractivity contribution >= 4 is 11.8 Å². The molecule has 1 aliphatic rings. The summed E-state index contributed by atoms with van der Waals surface area (Å²) < 4.78 is 5.04. The number of thioether (sulfide) groups is 1. The smallest absolute Gasteiger partial charge is 0.260 e. The van der Waals surface area contributed by atoms with Gasteiger partial charge in [0.1, 0.15) is 0 Å². The highest BCUT2D eigenvalue weighted by molar-refractivity contribution is 7.97. The van der Waals surface area contributed by atoms with E-state index in [2.05, 4.69) is 15.5 Å². The summed E-state index contributed by atoms with van der Waals surface area (Å²) in [5.74, 6) is 1.70. The lowest BCUT2D eigenvalue weighted by molar-refractivity contribution is 0.0243.